The summed E-state index contributed by atoms with van der Waals surface area (Å²) in [6.07, 6.45) is 11.4. The molecule has 0 spiro atoms. The van der Waals surface area contributed by atoms with Crippen LogP contribution in [0.5, 0.6) is 5.75 Å². The summed E-state index contributed by atoms with van der Waals surface area (Å²) >= 11 is 0. The van der Waals surface area contributed by atoms with Crippen LogP contribution in [0, 0.1) is 0 Å². The zero-order valence-electron chi connectivity index (χ0n) is 19.9. The number of nitrogens with one attached hydrogen (secondary N) is 2. The summed E-state index contributed by atoms with van der Waals surface area (Å²) in [6.45, 7) is 2.22. The van der Waals surface area contributed by atoms with E-state index in [9.17, 15) is 13.2 Å². The minimum Gasteiger partial charge on any atom is -0.495 e. The summed E-state index contributed by atoms with van der Waals surface area (Å²) in [5.74, 6) is 0.101. The molecule has 2 rings (SSSR count). The molecule has 33 heavy (non-hydrogen) atoms. The van der Waals surface area contributed by atoms with Crippen LogP contribution in [0.15, 0.2) is 48.5 Å². The number of ether oxygens (including phenoxy) is 1. The van der Waals surface area contributed by atoms with Gasteiger partial charge in [-0.2, -0.15) is 0 Å². The second-order valence-electron chi connectivity index (χ2n) is 8.34. The lowest BCUT2D eigenvalue weighted by Gasteiger charge is -2.13. The SMILES string of the molecule is CCCCCCCCCCCCS(=O)(=O)Nc1cc(C(=O)Nc2ccccc2)ccc1OC. The zero-order chi connectivity index (χ0) is 23.9. The third-order valence-corrected chi connectivity index (χ3v) is 6.88. The van der Waals surface area contributed by atoms with Gasteiger partial charge >= 0.3 is 0 Å². The van der Waals surface area contributed by atoms with Crippen LogP contribution in [-0.4, -0.2) is 27.2 Å². The van der Waals surface area contributed by atoms with Crippen LogP contribution in [0.25, 0.3) is 0 Å². The topological polar surface area (TPSA) is 84.5 Å². The van der Waals surface area contributed by atoms with Crippen LogP contribution < -0.4 is 14.8 Å². The monoisotopic (exact) mass is 474 g/mol. The molecule has 6 nitrogen and oxygen atoms in total. The fourth-order valence-electron chi connectivity index (χ4n) is 3.65. The van der Waals surface area contributed by atoms with Crippen molar-refractivity contribution >= 4 is 27.3 Å². The molecule has 0 aromatic heterocycles. The van der Waals surface area contributed by atoms with Crippen molar-refractivity contribution in [1.82, 2.24) is 0 Å². The molecular weight excluding hydrogens is 436 g/mol. The van der Waals surface area contributed by atoms with Crippen LogP contribution >= 0.6 is 0 Å². The van der Waals surface area contributed by atoms with Crippen LogP contribution in [0.4, 0.5) is 11.4 Å². The van der Waals surface area contributed by atoms with E-state index in [1.54, 1.807) is 24.3 Å². The smallest absolute Gasteiger partial charge is 0.255 e. The number of rotatable bonds is 16. The predicted octanol–water partition coefficient (Wildman–Crippen LogP) is 6.61. The number of amides is 1. The molecule has 7 heteroatoms. The Kier molecular flexibility index (Phi) is 11.8. The van der Waals surface area contributed by atoms with Gasteiger partial charge in [0.25, 0.3) is 5.91 Å². The third-order valence-electron chi connectivity index (χ3n) is 5.53. The van der Waals surface area contributed by atoms with E-state index in [-0.39, 0.29) is 17.3 Å². The van der Waals surface area contributed by atoms with Crippen molar-refractivity contribution in [2.75, 3.05) is 22.9 Å². The van der Waals surface area contributed by atoms with Crippen molar-refractivity contribution in [3.63, 3.8) is 0 Å². The van der Waals surface area contributed by atoms with Gasteiger partial charge in [0.2, 0.25) is 10.0 Å². The number of carbonyl (C=O) groups is 1. The van der Waals surface area contributed by atoms with E-state index in [2.05, 4.69) is 17.0 Å². The van der Waals surface area contributed by atoms with Gasteiger partial charge in [-0.05, 0) is 36.8 Å². The van der Waals surface area contributed by atoms with Crippen LogP contribution in [-0.2, 0) is 10.0 Å². The number of para-hydroxylation sites is 1. The number of hydrogen-bond donors (Lipinski definition) is 2. The number of unbranched alkanes of at least 4 members (excludes halogenated alkanes) is 9. The normalized spacial score (nSPS) is 11.2. The zero-order valence-corrected chi connectivity index (χ0v) is 20.8. The van der Waals surface area contributed by atoms with Gasteiger partial charge in [0.1, 0.15) is 5.75 Å². The third kappa shape index (κ3) is 10.3. The highest BCUT2D eigenvalue weighted by atomic mass is 32.2. The van der Waals surface area contributed by atoms with Gasteiger partial charge in [0, 0.05) is 11.3 Å². The van der Waals surface area contributed by atoms with E-state index in [1.807, 2.05) is 18.2 Å². The van der Waals surface area contributed by atoms with Gasteiger partial charge in [-0.3, -0.25) is 9.52 Å². The Morgan fingerprint density at radius 1 is 0.848 bits per heavy atom. The summed E-state index contributed by atoms with van der Waals surface area (Å²) in [5, 5.41) is 2.80. The summed E-state index contributed by atoms with van der Waals surface area (Å²) in [7, 11) is -2.07. The molecule has 0 aliphatic heterocycles. The Morgan fingerprint density at radius 3 is 2.06 bits per heavy atom. The molecule has 0 bridgehead atoms. The second-order valence-corrected chi connectivity index (χ2v) is 10.2. The minimum atomic E-state index is -3.54. The number of sulfonamides is 1. The molecule has 1 amide bonds. The van der Waals surface area contributed by atoms with Crippen molar-refractivity contribution in [2.45, 2.75) is 71.1 Å². The first kappa shape index (κ1) is 26.7. The van der Waals surface area contributed by atoms with E-state index in [4.69, 9.17) is 4.74 Å². The van der Waals surface area contributed by atoms with Crippen LogP contribution in [0.3, 0.4) is 0 Å². The molecule has 0 radical (unpaired) electrons. The molecular formula is C26H38N2O4S. The number of methoxy groups -OCH3 is 1. The Morgan fingerprint density at radius 2 is 1.45 bits per heavy atom. The molecule has 0 heterocycles. The highest BCUT2D eigenvalue weighted by Gasteiger charge is 2.16. The van der Waals surface area contributed by atoms with E-state index < -0.39 is 10.0 Å². The molecule has 0 fully saturated rings. The first-order valence-corrected chi connectivity index (χ1v) is 13.7. The molecule has 2 N–H and O–H groups in total. The van der Waals surface area contributed by atoms with Gasteiger partial charge in [-0.1, -0.05) is 82.9 Å². The Labute approximate surface area is 199 Å². The maximum absolute atomic E-state index is 12.6. The standard InChI is InChI=1S/C26H38N2O4S/c1-3-4-5-6-7-8-9-10-11-15-20-33(30,31)28-24-21-22(18-19-25(24)32-2)26(29)27-23-16-13-12-14-17-23/h12-14,16-19,21,28H,3-11,15,20H2,1-2H3,(H,27,29). The van der Waals surface area contributed by atoms with E-state index in [0.717, 1.165) is 19.3 Å². The molecule has 0 atom stereocenters. The number of hydrogen-bond acceptors (Lipinski definition) is 4. The summed E-state index contributed by atoms with van der Waals surface area (Å²) < 4.78 is 33.1. The van der Waals surface area contributed by atoms with Crippen molar-refractivity contribution in [3.05, 3.63) is 54.1 Å². The van der Waals surface area contributed by atoms with Crippen LogP contribution in [0.1, 0.15) is 81.5 Å². The van der Waals surface area contributed by atoms with Gasteiger partial charge in [-0.25, -0.2) is 8.42 Å². The average Bonchev–Trinajstić information content (AvgIpc) is 2.80. The summed E-state index contributed by atoms with van der Waals surface area (Å²) in [4.78, 5) is 12.6. The molecule has 0 aliphatic carbocycles. The van der Waals surface area contributed by atoms with Crippen LogP contribution in [0.2, 0.25) is 0 Å². The Hall–Kier alpha value is -2.54. The fraction of sp³-hybridized carbons (Fsp3) is 0.500. The number of benzene rings is 2. The molecule has 0 unspecified atom stereocenters. The van der Waals surface area contributed by atoms with Gasteiger partial charge < -0.3 is 10.1 Å². The van der Waals surface area contributed by atoms with E-state index in [1.165, 1.54) is 51.7 Å². The lowest BCUT2D eigenvalue weighted by atomic mass is 10.1. The Bertz CT molecular complexity index is 946. The maximum atomic E-state index is 12.6. The minimum absolute atomic E-state index is 0.0487. The first-order chi connectivity index (χ1) is 15.9. The quantitative estimate of drug-likeness (QED) is 0.268. The molecule has 0 aliphatic rings. The summed E-state index contributed by atoms with van der Waals surface area (Å²) in [5.41, 5.74) is 1.28. The lowest BCUT2D eigenvalue weighted by molar-refractivity contribution is 0.102. The molecule has 0 saturated carbocycles. The average molecular weight is 475 g/mol. The van der Waals surface area contributed by atoms with Gasteiger partial charge in [-0.15, -0.1) is 0 Å². The number of anilines is 2. The van der Waals surface area contributed by atoms with Crippen molar-refractivity contribution < 1.29 is 17.9 Å². The molecule has 2 aromatic rings. The predicted molar refractivity (Wildman–Crippen MR) is 137 cm³/mol. The van der Waals surface area contributed by atoms with Crippen molar-refractivity contribution in [1.29, 1.82) is 0 Å². The van der Waals surface area contributed by atoms with Crippen molar-refractivity contribution in [2.24, 2.45) is 0 Å². The Balaban J connectivity index is 1.83. The molecule has 2 aromatic carbocycles. The highest BCUT2D eigenvalue weighted by molar-refractivity contribution is 7.92. The van der Waals surface area contributed by atoms with Crippen molar-refractivity contribution in [3.8, 4) is 5.75 Å². The molecule has 182 valence electrons. The number of carbonyl (C=O) groups excluding carboxylic acids is 1. The largest absolute Gasteiger partial charge is 0.495 e. The fourth-order valence-corrected chi connectivity index (χ4v) is 4.83. The van der Waals surface area contributed by atoms with E-state index in [0.29, 0.717) is 23.4 Å². The first-order valence-electron chi connectivity index (χ1n) is 12.0. The van der Waals surface area contributed by atoms with Gasteiger partial charge in [0.05, 0.1) is 18.6 Å². The lowest BCUT2D eigenvalue weighted by Crippen LogP contribution is -2.18. The van der Waals surface area contributed by atoms with Gasteiger partial charge in [0.15, 0.2) is 0 Å². The summed E-state index contributed by atoms with van der Waals surface area (Å²) in [6, 6.07) is 13.8. The second kappa shape index (κ2) is 14.6. The maximum Gasteiger partial charge on any atom is 0.255 e. The highest BCUT2D eigenvalue weighted by Crippen LogP contribution is 2.27. The van der Waals surface area contributed by atoms with E-state index >= 15 is 0 Å². The molecule has 0 saturated heterocycles.